The third kappa shape index (κ3) is 4.65. The molecule has 2 aromatic rings. The number of likely N-dealkylation sites (N-methyl/N-ethyl adjacent to an activating group) is 1. The minimum Gasteiger partial charge on any atom is -0.478 e. The second kappa shape index (κ2) is 8.81. The second-order valence-electron chi connectivity index (χ2n) is 6.42. The van der Waals surface area contributed by atoms with Crippen molar-refractivity contribution in [3.8, 4) is 0 Å². The van der Waals surface area contributed by atoms with Crippen molar-refractivity contribution in [3.05, 3.63) is 59.4 Å². The van der Waals surface area contributed by atoms with Gasteiger partial charge < -0.3 is 24.8 Å². The van der Waals surface area contributed by atoms with E-state index >= 15 is 0 Å². The molecule has 3 rings (SSSR count). The van der Waals surface area contributed by atoms with E-state index < -0.39 is 17.7 Å². The molecule has 1 aliphatic heterocycles. The van der Waals surface area contributed by atoms with Gasteiger partial charge in [-0.3, -0.25) is 4.79 Å². The fraction of sp³-hybridized carbons (Fsp3) is 0.300. The van der Waals surface area contributed by atoms with Crippen LogP contribution in [0.4, 0.5) is 15.8 Å². The summed E-state index contributed by atoms with van der Waals surface area (Å²) in [4.78, 5) is 25.7. The van der Waals surface area contributed by atoms with Crippen LogP contribution < -0.4 is 10.2 Å². The first-order chi connectivity index (χ1) is 13.5. The van der Waals surface area contributed by atoms with Crippen molar-refractivity contribution in [2.45, 2.75) is 6.10 Å². The van der Waals surface area contributed by atoms with E-state index in [1.165, 1.54) is 30.3 Å². The summed E-state index contributed by atoms with van der Waals surface area (Å²) in [5.74, 6) is -2.44. The lowest BCUT2D eigenvalue weighted by atomic mass is 10.1. The van der Waals surface area contributed by atoms with Crippen molar-refractivity contribution in [2.24, 2.45) is 0 Å². The number of carbonyl (C=O) groups excluding carboxylic acids is 1. The van der Waals surface area contributed by atoms with Gasteiger partial charge in [0.25, 0.3) is 5.91 Å². The summed E-state index contributed by atoms with van der Waals surface area (Å²) in [5.41, 5.74) is 0.746. The molecule has 1 saturated heterocycles. The molecule has 1 unspecified atom stereocenters. The van der Waals surface area contributed by atoms with Crippen LogP contribution in [0.2, 0.25) is 0 Å². The van der Waals surface area contributed by atoms with E-state index in [4.69, 9.17) is 9.47 Å². The number of carboxylic acids is 1. The molecule has 1 heterocycles. The van der Waals surface area contributed by atoms with Crippen molar-refractivity contribution in [3.63, 3.8) is 0 Å². The first kappa shape index (κ1) is 19.8. The number of aromatic carboxylic acids is 1. The molecular weight excluding hydrogens is 367 g/mol. The van der Waals surface area contributed by atoms with Gasteiger partial charge in [-0.2, -0.15) is 0 Å². The Morgan fingerprint density at radius 3 is 2.71 bits per heavy atom. The summed E-state index contributed by atoms with van der Waals surface area (Å²) >= 11 is 0. The third-order valence-electron chi connectivity index (χ3n) is 4.38. The highest BCUT2D eigenvalue weighted by atomic mass is 19.1. The van der Waals surface area contributed by atoms with Gasteiger partial charge in [-0.05, 0) is 30.3 Å². The quantitative estimate of drug-likeness (QED) is 0.791. The average molecular weight is 388 g/mol. The zero-order valence-corrected chi connectivity index (χ0v) is 15.4. The summed E-state index contributed by atoms with van der Waals surface area (Å²) in [7, 11) is 1.80. The number of rotatable bonds is 6. The lowest BCUT2D eigenvalue weighted by Crippen LogP contribution is -2.38. The number of halogens is 1. The van der Waals surface area contributed by atoms with Gasteiger partial charge >= 0.3 is 5.97 Å². The van der Waals surface area contributed by atoms with Gasteiger partial charge in [0.15, 0.2) is 0 Å². The molecule has 0 radical (unpaired) electrons. The first-order valence-corrected chi connectivity index (χ1v) is 8.79. The van der Waals surface area contributed by atoms with Gasteiger partial charge in [0.2, 0.25) is 0 Å². The van der Waals surface area contributed by atoms with Crippen LogP contribution >= 0.6 is 0 Å². The molecule has 2 N–H and O–H groups in total. The third-order valence-corrected chi connectivity index (χ3v) is 4.38. The Morgan fingerprint density at radius 2 is 2.04 bits per heavy atom. The average Bonchev–Trinajstić information content (AvgIpc) is 2.68. The van der Waals surface area contributed by atoms with E-state index in [-0.39, 0.29) is 22.9 Å². The summed E-state index contributed by atoms with van der Waals surface area (Å²) < 4.78 is 25.0. The minimum atomic E-state index is -1.13. The fourth-order valence-corrected chi connectivity index (χ4v) is 2.98. The van der Waals surface area contributed by atoms with Crippen LogP contribution in [-0.2, 0) is 9.47 Å². The number of nitrogens with one attached hydrogen (secondary N) is 1. The molecule has 1 fully saturated rings. The number of carbonyl (C=O) groups is 2. The molecule has 1 atom stereocenters. The van der Waals surface area contributed by atoms with Gasteiger partial charge in [0, 0.05) is 13.6 Å². The number of carboxylic acid groups (broad SMARTS) is 1. The molecule has 8 heteroatoms. The van der Waals surface area contributed by atoms with E-state index in [0.717, 1.165) is 0 Å². The highest BCUT2D eigenvalue weighted by Gasteiger charge is 2.20. The topological polar surface area (TPSA) is 88.1 Å². The maximum Gasteiger partial charge on any atom is 0.335 e. The predicted octanol–water partition coefficient (Wildman–Crippen LogP) is 2.63. The van der Waals surface area contributed by atoms with Crippen LogP contribution in [0.1, 0.15) is 20.7 Å². The standard InChI is InChI=1S/C20H21FN2O5/c1-23(11-14-12-27-8-9-28-14)18-7-6-13(20(25)26)10-17(18)22-19(24)15-4-2-3-5-16(15)21/h2-7,10,14H,8-9,11-12H2,1H3,(H,22,24)(H,25,26). The number of anilines is 2. The zero-order valence-electron chi connectivity index (χ0n) is 15.4. The van der Waals surface area contributed by atoms with Crippen LogP contribution in [-0.4, -0.2) is 56.5 Å². The Kier molecular flexibility index (Phi) is 6.23. The highest BCUT2D eigenvalue weighted by molar-refractivity contribution is 6.06. The van der Waals surface area contributed by atoms with Crippen LogP contribution in [0.5, 0.6) is 0 Å². The van der Waals surface area contributed by atoms with E-state index in [2.05, 4.69) is 5.32 Å². The fourth-order valence-electron chi connectivity index (χ4n) is 2.98. The Morgan fingerprint density at radius 1 is 1.25 bits per heavy atom. The first-order valence-electron chi connectivity index (χ1n) is 8.79. The molecule has 1 amide bonds. The number of ether oxygens (including phenoxy) is 2. The lowest BCUT2D eigenvalue weighted by Gasteiger charge is -2.30. The Hall–Kier alpha value is -2.97. The molecule has 0 bridgehead atoms. The number of hydrogen-bond acceptors (Lipinski definition) is 5. The molecule has 2 aromatic carbocycles. The summed E-state index contributed by atoms with van der Waals surface area (Å²) in [5, 5.41) is 11.9. The molecule has 1 aliphatic rings. The van der Waals surface area contributed by atoms with Crippen molar-refractivity contribution in [1.29, 1.82) is 0 Å². The number of nitrogens with zero attached hydrogens (tertiary/aromatic N) is 1. The second-order valence-corrected chi connectivity index (χ2v) is 6.42. The van der Waals surface area contributed by atoms with Crippen molar-refractivity contribution >= 4 is 23.3 Å². The Balaban J connectivity index is 1.86. The summed E-state index contributed by atoms with van der Waals surface area (Å²) in [6.45, 7) is 1.99. The molecule has 0 aliphatic carbocycles. The minimum absolute atomic E-state index is 0.0123. The Labute approximate surface area is 161 Å². The van der Waals surface area contributed by atoms with E-state index in [9.17, 15) is 19.1 Å². The summed E-state index contributed by atoms with van der Waals surface area (Å²) in [6, 6.07) is 10.0. The smallest absolute Gasteiger partial charge is 0.335 e. The highest BCUT2D eigenvalue weighted by Crippen LogP contribution is 2.28. The molecule has 148 valence electrons. The predicted molar refractivity (Wildman–Crippen MR) is 102 cm³/mol. The monoisotopic (exact) mass is 388 g/mol. The van der Waals surface area contributed by atoms with Gasteiger partial charge in [-0.1, -0.05) is 12.1 Å². The maximum absolute atomic E-state index is 13.9. The largest absolute Gasteiger partial charge is 0.478 e. The molecule has 0 aromatic heterocycles. The van der Waals surface area contributed by atoms with Crippen molar-refractivity contribution < 1.29 is 28.6 Å². The van der Waals surface area contributed by atoms with Crippen LogP contribution in [0.3, 0.4) is 0 Å². The normalized spacial score (nSPS) is 16.4. The molecule has 0 saturated carbocycles. The zero-order chi connectivity index (χ0) is 20.1. The Bertz CT molecular complexity index is 867. The van der Waals surface area contributed by atoms with Crippen LogP contribution in [0, 0.1) is 5.82 Å². The van der Waals surface area contributed by atoms with Crippen molar-refractivity contribution in [2.75, 3.05) is 43.6 Å². The molecule has 28 heavy (non-hydrogen) atoms. The van der Waals surface area contributed by atoms with Gasteiger partial charge in [0.1, 0.15) is 5.82 Å². The lowest BCUT2D eigenvalue weighted by molar-refractivity contribution is -0.0837. The SMILES string of the molecule is CN(CC1COCCO1)c1ccc(C(=O)O)cc1NC(=O)c1ccccc1F. The maximum atomic E-state index is 13.9. The van der Waals surface area contributed by atoms with E-state index in [1.807, 2.05) is 4.90 Å². The van der Waals surface area contributed by atoms with Crippen LogP contribution in [0.15, 0.2) is 42.5 Å². The van der Waals surface area contributed by atoms with Gasteiger partial charge in [-0.15, -0.1) is 0 Å². The van der Waals surface area contributed by atoms with Gasteiger partial charge in [0.05, 0.1) is 48.4 Å². The van der Waals surface area contributed by atoms with Crippen LogP contribution in [0.25, 0.3) is 0 Å². The van der Waals surface area contributed by atoms with E-state index in [0.29, 0.717) is 32.1 Å². The number of hydrogen-bond donors (Lipinski definition) is 2. The van der Waals surface area contributed by atoms with Crippen molar-refractivity contribution in [1.82, 2.24) is 0 Å². The molecule has 7 nitrogen and oxygen atoms in total. The molecular formula is C20H21FN2O5. The number of amides is 1. The van der Waals surface area contributed by atoms with Gasteiger partial charge in [-0.25, -0.2) is 9.18 Å². The number of benzene rings is 2. The van der Waals surface area contributed by atoms with E-state index in [1.54, 1.807) is 19.2 Å². The molecule has 0 spiro atoms. The summed E-state index contributed by atoms with van der Waals surface area (Å²) in [6.07, 6.45) is -0.145.